The number of fused-ring (bicyclic) bond motifs is 1. The van der Waals surface area contributed by atoms with E-state index in [4.69, 9.17) is 5.11 Å². The summed E-state index contributed by atoms with van der Waals surface area (Å²) in [7, 11) is 0. The maximum absolute atomic E-state index is 10.6. The van der Waals surface area contributed by atoms with Gasteiger partial charge in [0.25, 0.3) is 0 Å². The van der Waals surface area contributed by atoms with Gasteiger partial charge in [0.1, 0.15) is 0 Å². The highest BCUT2D eigenvalue weighted by Crippen LogP contribution is 2.30. The van der Waals surface area contributed by atoms with Gasteiger partial charge in [-0.25, -0.2) is 0 Å². The van der Waals surface area contributed by atoms with Crippen LogP contribution in [0.3, 0.4) is 0 Å². The number of carboxylic acids is 1. The molecule has 0 saturated carbocycles. The number of hydrogen-bond donors (Lipinski definition) is 1. The van der Waals surface area contributed by atoms with Gasteiger partial charge in [0.05, 0.1) is 6.42 Å². The Bertz CT molecular complexity index is 452. The summed E-state index contributed by atoms with van der Waals surface area (Å²) < 4.78 is 0. The average Bonchev–Trinajstić information content (AvgIpc) is 2.32. The van der Waals surface area contributed by atoms with Gasteiger partial charge in [-0.05, 0) is 36.3 Å². The Morgan fingerprint density at radius 2 is 2.00 bits per heavy atom. The van der Waals surface area contributed by atoms with Crippen LogP contribution in [-0.2, 0) is 17.6 Å². The van der Waals surface area contributed by atoms with Crippen molar-refractivity contribution in [3.05, 3.63) is 35.4 Å². The zero-order chi connectivity index (χ0) is 12.5. The number of benzene rings is 1. The molecule has 3 rings (SSSR count). The van der Waals surface area contributed by atoms with Gasteiger partial charge >= 0.3 is 5.97 Å². The smallest absolute Gasteiger partial charge is 0.303 e. The molecule has 3 nitrogen and oxygen atoms in total. The zero-order valence-corrected chi connectivity index (χ0v) is 10.5. The molecule has 0 amide bonds. The van der Waals surface area contributed by atoms with Crippen LogP contribution in [0.5, 0.6) is 0 Å². The summed E-state index contributed by atoms with van der Waals surface area (Å²) in [5.41, 5.74) is 2.98. The summed E-state index contributed by atoms with van der Waals surface area (Å²) in [4.78, 5) is 13.1. The summed E-state index contributed by atoms with van der Waals surface area (Å²) in [6, 6.07) is 9.33. The van der Waals surface area contributed by atoms with E-state index in [1.54, 1.807) is 0 Å². The van der Waals surface area contributed by atoms with E-state index in [0.29, 0.717) is 18.4 Å². The molecule has 96 valence electrons. The van der Waals surface area contributed by atoms with E-state index in [-0.39, 0.29) is 0 Å². The average molecular weight is 245 g/mol. The van der Waals surface area contributed by atoms with Crippen LogP contribution in [0.15, 0.2) is 24.3 Å². The van der Waals surface area contributed by atoms with Gasteiger partial charge in [-0.1, -0.05) is 24.3 Å². The van der Waals surface area contributed by atoms with Crippen molar-refractivity contribution < 1.29 is 9.90 Å². The molecule has 1 aliphatic heterocycles. The number of likely N-dealkylation sites (tertiary alicyclic amines) is 1. The van der Waals surface area contributed by atoms with Gasteiger partial charge in [0, 0.05) is 19.1 Å². The fourth-order valence-corrected chi connectivity index (χ4v) is 3.27. The number of hydrogen-bond acceptors (Lipinski definition) is 2. The molecular formula is C15H19NO2. The first-order chi connectivity index (χ1) is 8.72. The predicted octanol–water partition coefficient (Wildman–Crippen LogP) is 1.95. The number of carboxylic acid groups (broad SMARTS) is 1. The Kier molecular flexibility index (Phi) is 3.08. The zero-order valence-electron chi connectivity index (χ0n) is 10.5. The van der Waals surface area contributed by atoms with E-state index in [0.717, 1.165) is 19.5 Å². The van der Waals surface area contributed by atoms with Crippen molar-refractivity contribution in [2.45, 2.75) is 31.7 Å². The van der Waals surface area contributed by atoms with Crippen LogP contribution in [0.25, 0.3) is 0 Å². The third kappa shape index (κ3) is 2.27. The minimum absolute atomic E-state index is 0.333. The molecule has 1 aliphatic carbocycles. The Balaban J connectivity index is 1.56. The first kappa shape index (κ1) is 11.7. The van der Waals surface area contributed by atoms with Crippen LogP contribution in [0, 0.1) is 5.92 Å². The lowest BCUT2D eigenvalue weighted by atomic mass is 9.84. The van der Waals surface area contributed by atoms with Crippen molar-refractivity contribution in [1.29, 1.82) is 0 Å². The fourth-order valence-electron chi connectivity index (χ4n) is 3.27. The second-order valence-electron chi connectivity index (χ2n) is 5.58. The third-order valence-corrected chi connectivity index (χ3v) is 4.29. The molecule has 1 aromatic rings. The van der Waals surface area contributed by atoms with E-state index in [9.17, 15) is 4.79 Å². The van der Waals surface area contributed by atoms with Crippen molar-refractivity contribution in [2.75, 3.05) is 13.1 Å². The lowest BCUT2D eigenvalue weighted by Gasteiger charge is -2.45. The highest BCUT2D eigenvalue weighted by Gasteiger charge is 2.34. The lowest BCUT2D eigenvalue weighted by molar-refractivity contribution is -0.139. The molecular weight excluding hydrogens is 226 g/mol. The van der Waals surface area contributed by atoms with Crippen molar-refractivity contribution in [3.8, 4) is 0 Å². The standard InChI is InChI=1S/C15H19NO2/c17-15(18)7-11-9-16(10-11)14-6-5-12-3-1-2-4-13(12)8-14/h1-4,11,14H,5-10H2,(H,17,18). The normalized spacial score (nSPS) is 24.3. The predicted molar refractivity (Wildman–Crippen MR) is 69.6 cm³/mol. The largest absolute Gasteiger partial charge is 0.481 e. The van der Waals surface area contributed by atoms with Crippen LogP contribution in [0.4, 0.5) is 0 Å². The van der Waals surface area contributed by atoms with Gasteiger partial charge in [-0.15, -0.1) is 0 Å². The summed E-state index contributed by atoms with van der Waals surface area (Å²) in [5.74, 6) is -0.284. The Morgan fingerprint density at radius 3 is 2.72 bits per heavy atom. The second kappa shape index (κ2) is 4.73. The van der Waals surface area contributed by atoms with Crippen molar-refractivity contribution in [3.63, 3.8) is 0 Å². The fraction of sp³-hybridized carbons (Fsp3) is 0.533. The summed E-state index contributed by atoms with van der Waals surface area (Å²) in [5, 5.41) is 8.76. The number of carbonyl (C=O) groups is 1. The number of aliphatic carboxylic acids is 1. The molecule has 0 aromatic heterocycles. The minimum atomic E-state index is -0.659. The van der Waals surface area contributed by atoms with Gasteiger partial charge in [-0.3, -0.25) is 9.69 Å². The monoisotopic (exact) mass is 245 g/mol. The van der Waals surface area contributed by atoms with Crippen LogP contribution in [0.2, 0.25) is 0 Å². The Hall–Kier alpha value is -1.35. The first-order valence-corrected chi connectivity index (χ1v) is 6.75. The maximum atomic E-state index is 10.6. The van der Waals surface area contributed by atoms with Crippen LogP contribution < -0.4 is 0 Å². The Morgan fingerprint density at radius 1 is 1.28 bits per heavy atom. The third-order valence-electron chi connectivity index (χ3n) is 4.29. The highest BCUT2D eigenvalue weighted by molar-refractivity contribution is 5.67. The number of aryl methyl sites for hydroxylation is 1. The van der Waals surface area contributed by atoms with Crippen molar-refractivity contribution in [2.24, 2.45) is 5.92 Å². The quantitative estimate of drug-likeness (QED) is 0.885. The topological polar surface area (TPSA) is 40.5 Å². The van der Waals surface area contributed by atoms with E-state index in [1.807, 2.05) is 0 Å². The van der Waals surface area contributed by atoms with Gasteiger partial charge < -0.3 is 5.11 Å². The highest BCUT2D eigenvalue weighted by atomic mass is 16.4. The van der Waals surface area contributed by atoms with Crippen LogP contribution >= 0.6 is 0 Å². The van der Waals surface area contributed by atoms with E-state index >= 15 is 0 Å². The number of nitrogens with zero attached hydrogens (tertiary/aromatic N) is 1. The Labute approximate surface area is 107 Å². The number of rotatable bonds is 3. The van der Waals surface area contributed by atoms with Crippen LogP contribution in [-0.4, -0.2) is 35.1 Å². The van der Waals surface area contributed by atoms with Gasteiger partial charge in [-0.2, -0.15) is 0 Å². The molecule has 1 fully saturated rings. The van der Waals surface area contributed by atoms with Crippen molar-refractivity contribution in [1.82, 2.24) is 4.90 Å². The molecule has 18 heavy (non-hydrogen) atoms. The summed E-state index contributed by atoms with van der Waals surface area (Å²) in [6.07, 6.45) is 3.85. The maximum Gasteiger partial charge on any atom is 0.303 e. The summed E-state index contributed by atoms with van der Waals surface area (Å²) in [6.45, 7) is 1.94. The molecule has 3 heteroatoms. The van der Waals surface area contributed by atoms with Crippen molar-refractivity contribution >= 4 is 5.97 Å². The minimum Gasteiger partial charge on any atom is -0.481 e. The van der Waals surface area contributed by atoms with E-state index in [2.05, 4.69) is 29.2 Å². The molecule has 1 N–H and O–H groups in total. The molecule has 1 atom stereocenters. The molecule has 0 spiro atoms. The summed E-state index contributed by atoms with van der Waals surface area (Å²) >= 11 is 0. The molecule has 0 radical (unpaired) electrons. The van der Waals surface area contributed by atoms with E-state index < -0.39 is 5.97 Å². The van der Waals surface area contributed by atoms with Gasteiger partial charge in [0.2, 0.25) is 0 Å². The molecule has 1 aromatic carbocycles. The van der Waals surface area contributed by atoms with Crippen LogP contribution in [0.1, 0.15) is 24.0 Å². The molecule has 2 aliphatic rings. The SMILES string of the molecule is O=C(O)CC1CN(C2CCc3ccccc3C2)C1. The van der Waals surface area contributed by atoms with Gasteiger partial charge in [0.15, 0.2) is 0 Å². The second-order valence-corrected chi connectivity index (χ2v) is 5.58. The molecule has 1 heterocycles. The molecule has 1 unspecified atom stereocenters. The molecule has 0 bridgehead atoms. The lowest BCUT2D eigenvalue weighted by Crippen LogP contribution is -2.54. The van der Waals surface area contributed by atoms with E-state index in [1.165, 1.54) is 24.0 Å². The molecule has 1 saturated heterocycles. The first-order valence-electron chi connectivity index (χ1n) is 6.75.